The SMILES string of the molecule is C=C(C=O)[C@H](Cc1ccccc1)c1ccc(OC)cc1. The summed E-state index contributed by atoms with van der Waals surface area (Å²) in [5, 5.41) is 0. The summed E-state index contributed by atoms with van der Waals surface area (Å²) in [7, 11) is 1.64. The van der Waals surface area contributed by atoms with Gasteiger partial charge in [0.2, 0.25) is 0 Å². The molecule has 0 aliphatic heterocycles. The van der Waals surface area contributed by atoms with Crippen LogP contribution in [0.25, 0.3) is 0 Å². The van der Waals surface area contributed by atoms with Gasteiger partial charge in [-0.1, -0.05) is 49.0 Å². The van der Waals surface area contributed by atoms with Crippen LogP contribution < -0.4 is 4.74 Å². The zero-order valence-electron chi connectivity index (χ0n) is 11.6. The van der Waals surface area contributed by atoms with Gasteiger partial charge in [0.25, 0.3) is 0 Å². The van der Waals surface area contributed by atoms with Gasteiger partial charge in [0.05, 0.1) is 7.11 Å². The van der Waals surface area contributed by atoms with Gasteiger partial charge in [-0.05, 0) is 35.3 Å². The highest BCUT2D eigenvalue weighted by molar-refractivity contribution is 5.75. The van der Waals surface area contributed by atoms with Crippen molar-refractivity contribution in [1.29, 1.82) is 0 Å². The predicted molar refractivity (Wildman–Crippen MR) is 81.1 cm³/mol. The van der Waals surface area contributed by atoms with Crippen LogP contribution in [0.3, 0.4) is 0 Å². The number of hydrogen-bond acceptors (Lipinski definition) is 2. The van der Waals surface area contributed by atoms with E-state index < -0.39 is 0 Å². The summed E-state index contributed by atoms with van der Waals surface area (Å²) in [5.74, 6) is 0.810. The van der Waals surface area contributed by atoms with E-state index in [2.05, 4.69) is 18.7 Å². The molecule has 0 N–H and O–H groups in total. The fraction of sp³-hybridized carbons (Fsp3) is 0.167. The minimum Gasteiger partial charge on any atom is -0.497 e. The highest BCUT2D eigenvalue weighted by Gasteiger charge is 2.15. The molecule has 0 saturated heterocycles. The monoisotopic (exact) mass is 266 g/mol. The van der Waals surface area contributed by atoms with Crippen molar-refractivity contribution in [2.24, 2.45) is 0 Å². The number of rotatable bonds is 6. The molecule has 2 nitrogen and oxygen atoms in total. The molecule has 20 heavy (non-hydrogen) atoms. The first-order chi connectivity index (χ1) is 9.74. The van der Waals surface area contributed by atoms with Crippen LogP contribution in [0, 0.1) is 0 Å². The lowest BCUT2D eigenvalue weighted by Gasteiger charge is -2.17. The van der Waals surface area contributed by atoms with Crippen molar-refractivity contribution in [2.75, 3.05) is 7.11 Å². The molecular weight excluding hydrogens is 248 g/mol. The first-order valence-electron chi connectivity index (χ1n) is 6.56. The Bertz CT molecular complexity index is 570. The normalized spacial score (nSPS) is 11.7. The van der Waals surface area contributed by atoms with Crippen LogP contribution in [0.1, 0.15) is 17.0 Å². The standard InChI is InChI=1S/C18H18O2/c1-14(13-19)18(12-15-6-4-3-5-7-15)16-8-10-17(20-2)11-9-16/h3-11,13,18H,1,12H2,2H3/t18-/m0/s1. The van der Waals surface area contributed by atoms with Gasteiger partial charge in [-0.15, -0.1) is 0 Å². The summed E-state index contributed by atoms with van der Waals surface area (Å²) >= 11 is 0. The van der Waals surface area contributed by atoms with Gasteiger partial charge >= 0.3 is 0 Å². The maximum atomic E-state index is 11.1. The van der Waals surface area contributed by atoms with Crippen LogP contribution in [-0.4, -0.2) is 13.4 Å². The van der Waals surface area contributed by atoms with Crippen molar-refractivity contribution in [2.45, 2.75) is 12.3 Å². The Balaban J connectivity index is 2.27. The molecule has 0 aliphatic carbocycles. The van der Waals surface area contributed by atoms with Crippen molar-refractivity contribution < 1.29 is 9.53 Å². The molecule has 0 amide bonds. The van der Waals surface area contributed by atoms with Crippen LogP contribution in [-0.2, 0) is 11.2 Å². The van der Waals surface area contributed by atoms with E-state index in [1.807, 2.05) is 42.5 Å². The summed E-state index contributed by atoms with van der Waals surface area (Å²) in [6, 6.07) is 17.9. The van der Waals surface area contributed by atoms with Crippen LogP contribution in [0.5, 0.6) is 5.75 Å². The van der Waals surface area contributed by atoms with Gasteiger partial charge in [-0.25, -0.2) is 0 Å². The molecule has 2 aromatic carbocycles. The Labute approximate surface area is 119 Å². The van der Waals surface area contributed by atoms with Gasteiger partial charge in [-0.2, -0.15) is 0 Å². The zero-order chi connectivity index (χ0) is 14.4. The maximum absolute atomic E-state index is 11.1. The van der Waals surface area contributed by atoms with Gasteiger partial charge in [-0.3, -0.25) is 4.79 Å². The number of allylic oxidation sites excluding steroid dienone is 1. The van der Waals surface area contributed by atoms with E-state index in [1.54, 1.807) is 7.11 Å². The highest BCUT2D eigenvalue weighted by atomic mass is 16.5. The molecule has 2 rings (SSSR count). The molecule has 1 atom stereocenters. The minimum absolute atomic E-state index is 0.000746. The number of hydrogen-bond donors (Lipinski definition) is 0. The van der Waals surface area contributed by atoms with Crippen LogP contribution in [0.4, 0.5) is 0 Å². The lowest BCUT2D eigenvalue weighted by Crippen LogP contribution is -2.07. The largest absolute Gasteiger partial charge is 0.497 e. The first-order valence-corrected chi connectivity index (χ1v) is 6.56. The zero-order valence-corrected chi connectivity index (χ0v) is 11.6. The van der Waals surface area contributed by atoms with Gasteiger partial charge in [0.1, 0.15) is 12.0 Å². The highest BCUT2D eigenvalue weighted by Crippen LogP contribution is 2.28. The van der Waals surface area contributed by atoms with Crippen molar-refractivity contribution in [1.82, 2.24) is 0 Å². The summed E-state index contributed by atoms with van der Waals surface area (Å²) in [6.45, 7) is 3.89. The molecule has 0 spiro atoms. The van der Waals surface area contributed by atoms with Crippen molar-refractivity contribution in [3.63, 3.8) is 0 Å². The van der Waals surface area contributed by atoms with Crippen molar-refractivity contribution >= 4 is 6.29 Å². The van der Waals surface area contributed by atoms with Crippen LogP contribution in [0.15, 0.2) is 66.7 Å². The Morgan fingerprint density at radius 2 is 1.80 bits per heavy atom. The minimum atomic E-state index is 0.000746. The summed E-state index contributed by atoms with van der Waals surface area (Å²) in [6.07, 6.45) is 1.61. The van der Waals surface area contributed by atoms with Gasteiger partial charge < -0.3 is 4.74 Å². The van der Waals surface area contributed by atoms with E-state index in [4.69, 9.17) is 4.74 Å². The van der Waals surface area contributed by atoms with Crippen molar-refractivity contribution in [3.8, 4) is 5.75 Å². The van der Waals surface area contributed by atoms with E-state index in [9.17, 15) is 4.79 Å². The number of aldehydes is 1. The molecule has 0 bridgehead atoms. The molecule has 2 heteroatoms. The first kappa shape index (κ1) is 14.1. The molecule has 102 valence electrons. The Hall–Kier alpha value is -2.35. The second-order valence-corrected chi connectivity index (χ2v) is 4.71. The second-order valence-electron chi connectivity index (χ2n) is 4.71. The molecule has 0 radical (unpaired) electrons. The molecule has 0 heterocycles. The lowest BCUT2D eigenvalue weighted by atomic mass is 9.87. The average molecular weight is 266 g/mol. The molecule has 0 unspecified atom stereocenters. The van der Waals surface area contributed by atoms with E-state index in [-0.39, 0.29) is 5.92 Å². The van der Waals surface area contributed by atoms with E-state index >= 15 is 0 Å². The predicted octanol–water partition coefficient (Wildman–Crippen LogP) is 3.78. The van der Waals surface area contributed by atoms with Gasteiger partial charge in [0, 0.05) is 5.92 Å². The maximum Gasteiger partial charge on any atom is 0.146 e. The average Bonchev–Trinajstić information content (AvgIpc) is 2.53. The van der Waals surface area contributed by atoms with E-state index in [0.717, 1.165) is 24.0 Å². The fourth-order valence-electron chi connectivity index (χ4n) is 2.23. The number of carbonyl (C=O) groups is 1. The molecule has 2 aromatic rings. The fourth-order valence-corrected chi connectivity index (χ4v) is 2.23. The second kappa shape index (κ2) is 6.71. The van der Waals surface area contributed by atoms with Crippen LogP contribution in [0.2, 0.25) is 0 Å². The molecular formula is C18H18O2. The third kappa shape index (κ3) is 3.35. The molecule has 0 saturated carbocycles. The Morgan fingerprint density at radius 1 is 1.15 bits per heavy atom. The Kier molecular flexibility index (Phi) is 4.72. The topological polar surface area (TPSA) is 26.3 Å². The third-order valence-electron chi connectivity index (χ3n) is 3.40. The summed E-state index contributed by atoms with van der Waals surface area (Å²) in [4.78, 5) is 11.1. The smallest absolute Gasteiger partial charge is 0.146 e. The van der Waals surface area contributed by atoms with Crippen LogP contribution >= 0.6 is 0 Å². The summed E-state index contributed by atoms with van der Waals surface area (Å²) in [5.41, 5.74) is 2.86. The molecule has 0 aromatic heterocycles. The van der Waals surface area contributed by atoms with Gasteiger partial charge in [0.15, 0.2) is 0 Å². The Morgan fingerprint density at radius 3 is 2.35 bits per heavy atom. The lowest BCUT2D eigenvalue weighted by molar-refractivity contribution is -0.105. The third-order valence-corrected chi connectivity index (χ3v) is 3.40. The number of ether oxygens (including phenoxy) is 1. The molecule has 0 aliphatic rings. The quantitative estimate of drug-likeness (QED) is 0.587. The number of benzene rings is 2. The number of carbonyl (C=O) groups excluding carboxylic acids is 1. The van der Waals surface area contributed by atoms with E-state index in [0.29, 0.717) is 5.57 Å². The van der Waals surface area contributed by atoms with Crippen molar-refractivity contribution in [3.05, 3.63) is 77.9 Å². The van der Waals surface area contributed by atoms with E-state index in [1.165, 1.54) is 5.56 Å². The number of methoxy groups -OCH3 is 1. The molecule has 0 fully saturated rings. The summed E-state index contributed by atoms with van der Waals surface area (Å²) < 4.78 is 5.16.